The van der Waals surface area contributed by atoms with Crippen LogP contribution in [0.15, 0.2) is 59.5 Å². The maximum Gasteiger partial charge on any atom is 0.266 e. The molecule has 9 nitrogen and oxygen atoms in total. The number of hydrogen-bond donors (Lipinski definition) is 2. The van der Waals surface area contributed by atoms with Gasteiger partial charge in [0.15, 0.2) is 0 Å². The van der Waals surface area contributed by atoms with Crippen LogP contribution in [0.25, 0.3) is 0 Å². The zero-order valence-corrected chi connectivity index (χ0v) is 19.5. The molecule has 1 fully saturated rings. The average molecular weight is 476 g/mol. The second-order valence-corrected chi connectivity index (χ2v) is 9.92. The molecule has 2 aromatic rings. The van der Waals surface area contributed by atoms with Crippen LogP contribution < -0.4 is 10.8 Å². The third-order valence-electron chi connectivity index (χ3n) is 5.19. The molecule has 2 aromatic carbocycles. The fraction of sp³-hybridized carbons (Fsp3) is 0.391. The average Bonchev–Trinajstić information content (AvgIpc) is 2.83. The van der Waals surface area contributed by atoms with Crippen molar-refractivity contribution < 1.29 is 27.6 Å². The molecule has 1 saturated heterocycles. The molecule has 10 heteroatoms. The van der Waals surface area contributed by atoms with Gasteiger partial charge in [-0.3, -0.25) is 14.4 Å². The van der Waals surface area contributed by atoms with Crippen LogP contribution in [0.5, 0.6) is 0 Å². The largest absolute Gasteiger partial charge is 0.379 e. The van der Waals surface area contributed by atoms with Gasteiger partial charge >= 0.3 is 0 Å². The Hall–Kier alpha value is -2.79. The van der Waals surface area contributed by atoms with Crippen LogP contribution in [0, 0.1) is 5.92 Å². The van der Waals surface area contributed by atoms with Crippen LogP contribution in [0.2, 0.25) is 0 Å². The van der Waals surface area contributed by atoms with E-state index in [1.54, 1.807) is 13.8 Å². The van der Waals surface area contributed by atoms with Crippen LogP contribution in [0.1, 0.15) is 29.8 Å². The van der Waals surface area contributed by atoms with Crippen LogP contribution in [-0.2, 0) is 31.0 Å². The first kappa shape index (κ1) is 24.8. The van der Waals surface area contributed by atoms with Gasteiger partial charge in [0.1, 0.15) is 6.04 Å². The summed E-state index contributed by atoms with van der Waals surface area (Å²) < 4.78 is 32.3. The van der Waals surface area contributed by atoms with Gasteiger partial charge in [-0.1, -0.05) is 50.2 Å². The lowest BCUT2D eigenvalue weighted by molar-refractivity contribution is -0.137. The second-order valence-electron chi connectivity index (χ2n) is 7.98. The van der Waals surface area contributed by atoms with Crippen molar-refractivity contribution in [2.75, 3.05) is 26.3 Å². The zero-order valence-electron chi connectivity index (χ0n) is 18.7. The minimum Gasteiger partial charge on any atom is -0.379 e. The third-order valence-corrected chi connectivity index (χ3v) is 7.09. The standard InChI is InChI=1S/C23H29N3O6S/c1-17(2)21(23(28)25-32-16-18-7-4-3-5-8-18)24-22(27)19-9-6-10-20(15-19)33(29,30)26-11-13-31-14-12-26/h3-10,15,17,21H,11-14,16H2,1-2H3,(H,24,27)(H,25,28). The third kappa shape index (κ3) is 6.61. The van der Waals surface area contributed by atoms with E-state index in [4.69, 9.17) is 9.57 Å². The SMILES string of the molecule is CC(C)C(NC(=O)c1cccc(S(=O)(=O)N2CCOCC2)c1)C(=O)NOCc1ccccc1. The fourth-order valence-corrected chi connectivity index (χ4v) is 4.78. The first-order valence-corrected chi connectivity index (χ1v) is 12.2. The number of ether oxygens (including phenoxy) is 1. The van der Waals surface area contributed by atoms with Crippen molar-refractivity contribution in [3.8, 4) is 0 Å². The number of carbonyl (C=O) groups excluding carboxylic acids is 2. The lowest BCUT2D eigenvalue weighted by atomic mass is 10.0. The van der Waals surface area contributed by atoms with Crippen molar-refractivity contribution in [3.63, 3.8) is 0 Å². The van der Waals surface area contributed by atoms with E-state index in [1.807, 2.05) is 30.3 Å². The molecular formula is C23H29N3O6S. The Morgan fingerprint density at radius 3 is 2.42 bits per heavy atom. The highest BCUT2D eigenvalue weighted by Crippen LogP contribution is 2.18. The van der Waals surface area contributed by atoms with Gasteiger partial charge in [-0.2, -0.15) is 4.31 Å². The van der Waals surface area contributed by atoms with E-state index in [1.165, 1.54) is 28.6 Å². The Kier molecular flexibility index (Phi) is 8.56. The summed E-state index contributed by atoms with van der Waals surface area (Å²) in [6, 6.07) is 14.3. The summed E-state index contributed by atoms with van der Waals surface area (Å²) >= 11 is 0. The number of benzene rings is 2. The summed E-state index contributed by atoms with van der Waals surface area (Å²) in [6.07, 6.45) is 0. The monoisotopic (exact) mass is 475 g/mol. The van der Waals surface area contributed by atoms with Gasteiger partial charge in [0.25, 0.3) is 11.8 Å². The number of sulfonamides is 1. The number of carbonyl (C=O) groups is 2. The highest BCUT2D eigenvalue weighted by molar-refractivity contribution is 7.89. The molecule has 3 rings (SSSR count). The topological polar surface area (TPSA) is 114 Å². The Bertz CT molecular complexity index is 1050. The van der Waals surface area contributed by atoms with E-state index in [0.717, 1.165) is 5.56 Å². The molecule has 0 saturated carbocycles. The Morgan fingerprint density at radius 1 is 1.06 bits per heavy atom. The number of nitrogens with zero attached hydrogens (tertiary/aromatic N) is 1. The summed E-state index contributed by atoms with van der Waals surface area (Å²) in [4.78, 5) is 30.8. The number of amides is 2. The molecule has 2 N–H and O–H groups in total. The molecule has 1 atom stereocenters. The van der Waals surface area contributed by atoms with Crippen molar-refractivity contribution in [2.45, 2.75) is 31.4 Å². The van der Waals surface area contributed by atoms with E-state index < -0.39 is 27.9 Å². The summed E-state index contributed by atoms with van der Waals surface area (Å²) in [7, 11) is -3.74. The molecule has 178 valence electrons. The van der Waals surface area contributed by atoms with E-state index in [9.17, 15) is 18.0 Å². The van der Waals surface area contributed by atoms with E-state index in [-0.39, 0.29) is 36.1 Å². The smallest absolute Gasteiger partial charge is 0.266 e. The summed E-state index contributed by atoms with van der Waals surface area (Å²) in [6.45, 7) is 4.96. The summed E-state index contributed by atoms with van der Waals surface area (Å²) in [5.41, 5.74) is 3.42. The quantitative estimate of drug-likeness (QED) is 0.534. The van der Waals surface area contributed by atoms with Crippen LogP contribution in [0.4, 0.5) is 0 Å². The lowest BCUT2D eigenvalue weighted by Gasteiger charge is -2.26. The maximum absolute atomic E-state index is 12.9. The highest BCUT2D eigenvalue weighted by atomic mass is 32.2. The first-order chi connectivity index (χ1) is 15.8. The van der Waals surface area contributed by atoms with Gasteiger partial charge in [-0.15, -0.1) is 0 Å². The van der Waals surface area contributed by atoms with Crippen LogP contribution in [0.3, 0.4) is 0 Å². The Morgan fingerprint density at radius 2 is 1.76 bits per heavy atom. The van der Waals surface area contributed by atoms with E-state index in [0.29, 0.717) is 13.2 Å². The van der Waals surface area contributed by atoms with Gasteiger partial charge in [0.05, 0.1) is 24.7 Å². The van der Waals surface area contributed by atoms with Crippen LogP contribution in [-0.4, -0.2) is 56.9 Å². The molecule has 1 aliphatic rings. The predicted octanol–water partition coefficient (Wildman–Crippen LogP) is 1.71. The highest BCUT2D eigenvalue weighted by Gasteiger charge is 2.28. The van der Waals surface area contributed by atoms with Crippen molar-refractivity contribution in [1.29, 1.82) is 0 Å². The van der Waals surface area contributed by atoms with Gasteiger partial charge < -0.3 is 10.1 Å². The fourth-order valence-electron chi connectivity index (χ4n) is 3.32. The Labute approximate surface area is 194 Å². The normalized spacial score (nSPS) is 15.7. The van der Waals surface area contributed by atoms with Gasteiger partial charge in [0, 0.05) is 18.7 Å². The molecule has 1 heterocycles. The van der Waals surface area contributed by atoms with Crippen molar-refractivity contribution in [3.05, 3.63) is 65.7 Å². The molecule has 0 aromatic heterocycles. The number of hydroxylamine groups is 1. The van der Waals surface area contributed by atoms with Gasteiger partial charge in [-0.05, 0) is 29.7 Å². The van der Waals surface area contributed by atoms with E-state index >= 15 is 0 Å². The van der Waals surface area contributed by atoms with Crippen molar-refractivity contribution in [2.24, 2.45) is 5.92 Å². The second kappa shape index (κ2) is 11.4. The maximum atomic E-state index is 12.9. The molecule has 33 heavy (non-hydrogen) atoms. The number of morpholine rings is 1. The van der Waals surface area contributed by atoms with Crippen molar-refractivity contribution in [1.82, 2.24) is 15.1 Å². The zero-order chi connectivity index (χ0) is 23.8. The molecule has 2 amide bonds. The number of rotatable bonds is 9. The van der Waals surface area contributed by atoms with Crippen LogP contribution >= 0.6 is 0 Å². The number of nitrogens with one attached hydrogen (secondary N) is 2. The molecule has 0 aliphatic carbocycles. The molecule has 0 bridgehead atoms. The molecule has 1 unspecified atom stereocenters. The summed E-state index contributed by atoms with van der Waals surface area (Å²) in [5.74, 6) is -1.27. The molecule has 0 radical (unpaired) electrons. The van der Waals surface area contributed by atoms with Gasteiger partial charge in [-0.25, -0.2) is 13.9 Å². The minimum atomic E-state index is -3.74. The predicted molar refractivity (Wildman–Crippen MR) is 121 cm³/mol. The molecular weight excluding hydrogens is 446 g/mol. The number of hydrogen-bond acceptors (Lipinski definition) is 6. The Balaban J connectivity index is 1.65. The van der Waals surface area contributed by atoms with Crippen molar-refractivity contribution >= 4 is 21.8 Å². The first-order valence-electron chi connectivity index (χ1n) is 10.7. The lowest BCUT2D eigenvalue weighted by Crippen LogP contribution is -2.49. The minimum absolute atomic E-state index is 0.0220. The van der Waals surface area contributed by atoms with E-state index in [2.05, 4.69) is 10.8 Å². The molecule has 1 aliphatic heterocycles. The summed E-state index contributed by atoms with van der Waals surface area (Å²) in [5, 5.41) is 2.68. The molecule has 0 spiro atoms. The van der Waals surface area contributed by atoms with Gasteiger partial charge in [0.2, 0.25) is 10.0 Å².